The van der Waals surface area contributed by atoms with E-state index in [2.05, 4.69) is 99.6 Å². The topological polar surface area (TPSA) is 36.0 Å². The van der Waals surface area contributed by atoms with Crippen LogP contribution in [0.15, 0.2) is 48.5 Å². The van der Waals surface area contributed by atoms with Crippen LogP contribution < -0.4 is 4.74 Å². The zero-order valence-electron chi connectivity index (χ0n) is 23.8. The van der Waals surface area contributed by atoms with Crippen LogP contribution in [0.4, 0.5) is 0 Å². The first-order chi connectivity index (χ1) is 17.0. The van der Waals surface area contributed by atoms with E-state index in [4.69, 9.17) is 4.74 Å². The highest BCUT2D eigenvalue weighted by Crippen LogP contribution is 2.33. The van der Waals surface area contributed by atoms with Gasteiger partial charge < -0.3 is 9.64 Å². The lowest BCUT2D eigenvalue weighted by molar-refractivity contribution is -0.128. The Kier molecular flexibility index (Phi) is 9.59. The average Bonchev–Trinajstić information content (AvgIpc) is 3.14. The Balaban J connectivity index is 1.78. The highest BCUT2D eigenvalue weighted by molar-refractivity contribution is 5.81. The summed E-state index contributed by atoms with van der Waals surface area (Å²) in [6.45, 7) is 18.9. The van der Waals surface area contributed by atoms with Crippen molar-refractivity contribution >= 4 is 5.91 Å². The van der Waals surface area contributed by atoms with Gasteiger partial charge in [0.15, 0.2) is 0 Å². The van der Waals surface area contributed by atoms with Crippen LogP contribution in [-0.4, -0.2) is 66.0 Å². The molecule has 1 atom stereocenters. The fourth-order valence-corrected chi connectivity index (χ4v) is 5.29. The molecule has 2 aromatic rings. The van der Waals surface area contributed by atoms with Crippen molar-refractivity contribution in [2.24, 2.45) is 0 Å². The Labute approximate surface area is 219 Å². The zero-order chi connectivity index (χ0) is 26.5. The molecule has 5 heteroatoms. The normalized spacial score (nSPS) is 17.1. The predicted octanol–water partition coefficient (Wildman–Crippen LogP) is 5.89. The molecule has 1 aliphatic rings. The third kappa shape index (κ3) is 7.10. The molecule has 0 bridgehead atoms. The second-order valence-electron chi connectivity index (χ2n) is 11.7. The summed E-state index contributed by atoms with van der Waals surface area (Å²) < 4.78 is 5.30. The van der Waals surface area contributed by atoms with Crippen molar-refractivity contribution in [3.63, 3.8) is 0 Å². The Morgan fingerprint density at radius 3 is 2.08 bits per heavy atom. The summed E-state index contributed by atoms with van der Waals surface area (Å²) in [5, 5.41) is 0. The third-order valence-electron chi connectivity index (χ3n) is 7.36. The van der Waals surface area contributed by atoms with E-state index in [-0.39, 0.29) is 17.5 Å². The van der Waals surface area contributed by atoms with Crippen molar-refractivity contribution in [2.45, 2.75) is 85.0 Å². The summed E-state index contributed by atoms with van der Waals surface area (Å²) in [6.07, 6.45) is 1.86. The molecule has 3 rings (SSSR count). The fourth-order valence-electron chi connectivity index (χ4n) is 5.29. The van der Waals surface area contributed by atoms with Crippen LogP contribution in [0, 0.1) is 0 Å². The standard InChI is InChI=1S/C31H47N3O2/c1-23(2)33(24(3)4)20-9-19-32-22-29(35)34(21-18-25-10-16-28(36-8)17-11-25)30(32)26-12-14-27(15-13-26)31(5,6)7/h10-17,23-24,30H,9,18-22H2,1-8H3. The molecule has 0 spiro atoms. The van der Waals surface area contributed by atoms with Crippen molar-refractivity contribution in [3.8, 4) is 5.75 Å². The van der Waals surface area contributed by atoms with E-state index in [1.807, 2.05) is 12.1 Å². The number of amides is 1. The molecule has 1 aliphatic heterocycles. The molecule has 0 aliphatic carbocycles. The monoisotopic (exact) mass is 493 g/mol. The summed E-state index contributed by atoms with van der Waals surface area (Å²) in [5.74, 6) is 1.08. The summed E-state index contributed by atoms with van der Waals surface area (Å²) in [5.41, 5.74) is 3.84. The maximum atomic E-state index is 13.3. The van der Waals surface area contributed by atoms with Crippen molar-refractivity contribution in [2.75, 3.05) is 33.3 Å². The van der Waals surface area contributed by atoms with Gasteiger partial charge in [-0.2, -0.15) is 0 Å². The van der Waals surface area contributed by atoms with Crippen LogP contribution in [-0.2, 0) is 16.6 Å². The quantitative estimate of drug-likeness (QED) is 0.391. The maximum absolute atomic E-state index is 13.3. The number of benzene rings is 2. The molecule has 1 heterocycles. The lowest BCUT2D eigenvalue weighted by Gasteiger charge is -2.33. The van der Waals surface area contributed by atoms with Crippen LogP contribution in [0.25, 0.3) is 0 Å². The molecule has 1 amide bonds. The number of carbonyl (C=O) groups excluding carboxylic acids is 1. The Morgan fingerprint density at radius 2 is 1.56 bits per heavy atom. The Morgan fingerprint density at radius 1 is 0.944 bits per heavy atom. The van der Waals surface area contributed by atoms with Crippen LogP contribution in [0.5, 0.6) is 5.75 Å². The lowest BCUT2D eigenvalue weighted by Crippen LogP contribution is -2.39. The summed E-state index contributed by atoms with van der Waals surface area (Å²) in [4.78, 5) is 20.3. The molecule has 1 fully saturated rings. The minimum Gasteiger partial charge on any atom is -0.497 e. The first-order valence-electron chi connectivity index (χ1n) is 13.5. The second-order valence-corrected chi connectivity index (χ2v) is 11.7. The maximum Gasteiger partial charge on any atom is 0.238 e. The predicted molar refractivity (Wildman–Crippen MR) is 149 cm³/mol. The van der Waals surface area contributed by atoms with Crippen molar-refractivity contribution in [1.82, 2.24) is 14.7 Å². The fraction of sp³-hybridized carbons (Fsp3) is 0.581. The molecule has 0 N–H and O–H groups in total. The molecule has 1 unspecified atom stereocenters. The van der Waals surface area contributed by atoms with Gasteiger partial charge in [0, 0.05) is 25.2 Å². The number of carbonyl (C=O) groups is 1. The number of hydrogen-bond acceptors (Lipinski definition) is 4. The van der Waals surface area contributed by atoms with Crippen LogP contribution >= 0.6 is 0 Å². The number of hydrogen-bond donors (Lipinski definition) is 0. The minimum atomic E-state index is -0.0173. The van der Waals surface area contributed by atoms with Gasteiger partial charge in [0.2, 0.25) is 5.91 Å². The van der Waals surface area contributed by atoms with Crippen molar-refractivity contribution < 1.29 is 9.53 Å². The Hall–Kier alpha value is -2.37. The van der Waals surface area contributed by atoms with Gasteiger partial charge in [-0.15, -0.1) is 0 Å². The van der Waals surface area contributed by atoms with Crippen LogP contribution in [0.2, 0.25) is 0 Å². The van der Waals surface area contributed by atoms with E-state index in [0.29, 0.717) is 25.2 Å². The van der Waals surface area contributed by atoms with Gasteiger partial charge in [-0.1, -0.05) is 57.2 Å². The van der Waals surface area contributed by atoms with Gasteiger partial charge in [-0.05, 0) is 81.3 Å². The van der Waals surface area contributed by atoms with Crippen LogP contribution in [0.3, 0.4) is 0 Å². The van der Waals surface area contributed by atoms with E-state index in [1.54, 1.807) is 7.11 Å². The van der Waals surface area contributed by atoms with Gasteiger partial charge >= 0.3 is 0 Å². The SMILES string of the molecule is COc1ccc(CCN2C(=O)CN(CCCN(C(C)C)C(C)C)C2c2ccc(C(C)(C)C)cc2)cc1. The lowest BCUT2D eigenvalue weighted by atomic mass is 9.86. The van der Waals surface area contributed by atoms with Crippen molar-refractivity contribution in [1.29, 1.82) is 0 Å². The third-order valence-corrected chi connectivity index (χ3v) is 7.36. The number of methoxy groups -OCH3 is 1. The molecule has 5 nitrogen and oxygen atoms in total. The smallest absolute Gasteiger partial charge is 0.238 e. The molecule has 198 valence electrons. The van der Waals surface area contributed by atoms with E-state index in [0.717, 1.165) is 31.7 Å². The minimum absolute atomic E-state index is 0.0173. The second kappa shape index (κ2) is 12.2. The van der Waals surface area contributed by atoms with Gasteiger partial charge in [0.05, 0.1) is 13.7 Å². The molecular formula is C31H47N3O2. The molecule has 0 radical (unpaired) electrons. The number of rotatable bonds is 11. The summed E-state index contributed by atoms with van der Waals surface area (Å²) in [7, 11) is 1.68. The molecule has 2 aromatic carbocycles. The van der Waals surface area contributed by atoms with Crippen molar-refractivity contribution in [3.05, 3.63) is 65.2 Å². The van der Waals surface area contributed by atoms with Gasteiger partial charge in [-0.25, -0.2) is 0 Å². The highest BCUT2D eigenvalue weighted by atomic mass is 16.5. The number of nitrogens with zero attached hydrogens (tertiary/aromatic N) is 3. The van der Waals surface area contributed by atoms with E-state index in [1.165, 1.54) is 16.7 Å². The molecular weight excluding hydrogens is 446 g/mol. The number of ether oxygens (including phenoxy) is 1. The first-order valence-corrected chi connectivity index (χ1v) is 13.5. The summed E-state index contributed by atoms with van der Waals surface area (Å²) in [6, 6.07) is 18.1. The van der Waals surface area contributed by atoms with Gasteiger partial charge in [0.1, 0.15) is 11.9 Å². The zero-order valence-corrected chi connectivity index (χ0v) is 23.8. The van der Waals surface area contributed by atoms with E-state index >= 15 is 0 Å². The highest BCUT2D eigenvalue weighted by Gasteiger charge is 2.38. The largest absolute Gasteiger partial charge is 0.497 e. The molecule has 1 saturated heterocycles. The molecule has 36 heavy (non-hydrogen) atoms. The Bertz CT molecular complexity index is 953. The first kappa shape index (κ1) is 28.2. The van der Waals surface area contributed by atoms with Crippen LogP contribution in [0.1, 0.15) is 77.7 Å². The van der Waals surface area contributed by atoms with E-state index in [9.17, 15) is 4.79 Å². The van der Waals surface area contributed by atoms with E-state index < -0.39 is 0 Å². The molecule has 0 aromatic heterocycles. The average molecular weight is 494 g/mol. The molecule has 0 saturated carbocycles. The summed E-state index contributed by atoms with van der Waals surface area (Å²) >= 11 is 0. The van der Waals surface area contributed by atoms with Gasteiger partial charge in [0.25, 0.3) is 0 Å². The van der Waals surface area contributed by atoms with Gasteiger partial charge in [-0.3, -0.25) is 14.6 Å².